The minimum Gasteiger partial charge on any atom is -0.488 e. The van der Waals surface area contributed by atoms with Gasteiger partial charge in [0, 0.05) is 11.6 Å². The van der Waals surface area contributed by atoms with Crippen LogP contribution in [-0.4, -0.2) is 12.2 Å². The van der Waals surface area contributed by atoms with Crippen LogP contribution in [0.5, 0.6) is 5.75 Å². The van der Waals surface area contributed by atoms with Gasteiger partial charge >= 0.3 is 6.11 Å². The number of benzene rings is 2. The molecule has 2 nitrogen and oxygen atoms in total. The Labute approximate surface area is 163 Å². The van der Waals surface area contributed by atoms with Crippen molar-refractivity contribution in [1.29, 1.82) is 0 Å². The van der Waals surface area contributed by atoms with Gasteiger partial charge < -0.3 is 9.47 Å². The molecule has 1 aliphatic rings. The van der Waals surface area contributed by atoms with E-state index in [1.807, 2.05) is 6.92 Å². The van der Waals surface area contributed by atoms with E-state index in [1.54, 1.807) is 0 Å². The van der Waals surface area contributed by atoms with Crippen LogP contribution in [0.2, 0.25) is 0 Å². The van der Waals surface area contributed by atoms with Crippen molar-refractivity contribution in [2.75, 3.05) is 0 Å². The number of ether oxygens (including phenoxy) is 2. The maximum atomic E-state index is 14.4. The topological polar surface area (TPSA) is 18.5 Å². The average Bonchev–Trinajstić information content (AvgIpc) is 2.66. The van der Waals surface area contributed by atoms with Gasteiger partial charge in [0.1, 0.15) is 11.6 Å². The highest BCUT2D eigenvalue weighted by atomic mass is 19.3. The number of allylic oxidation sites excluding steroid dienone is 1. The lowest BCUT2D eigenvalue weighted by Gasteiger charge is -2.29. The largest absolute Gasteiger partial charge is 0.488 e. The zero-order chi connectivity index (χ0) is 21.2. The Morgan fingerprint density at radius 1 is 1.03 bits per heavy atom. The van der Waals surface area contributed by atoms with E-state index in [2.05, 4.69) is 4.74 Å². The molecule has 1 unspecified atom stereocenters. The smallest absolute Gasteiger partial charge is 0.435 e. The van der Waals surface area contributed by atoms with Gasteiger partial charge in [-0.05, 0) is 54.7 Å². The fourth-order valence-electron chi connectivity index (χ4n) is 3.10. The molecular formula is C21H18F6O2. The summed E-state index contributed by atoms with van der Waals surface area (Å²) in [7, 11) is 0. The molecule has 0 spiro atoms. The Morgan fingerprint density at radius 2 is 1.72 bits per heavy atom. The van der Waals surface area contributed by atoms with Crippen molar-refractivity contribution in [3.05, 3.63) is 65.4 Å². The van der Waals surface area contributed by atoms with Crippen LogP contribution in [0.3, 0.4) is 0 Å². The second kappa shape index (κ2) is 8.39. The number of alkyl halides is 2. The fraction of sp³-hybridized carbons (Fsp3) is 0.333. The summed E-state index contributed by atoms with van der Waals surface area (Å²) in [4.78, 5) is 0. The van der Waals surface area contributed by atoms with Gasteiger partial charge in [0.15, 0.2) is 17.5 Å². The molecule has 156 valence electrons. The van der Waals surface area contributed by atoms with Crippen LogP contribution in [0.15, 0.2) is 42.2 Å². The summed E-state index contributed by atoms with van der Waals surface area (Å²) >= 11 is 0. The van der Waals surface area contributed by atoms with E-state index in [9.17, 15) is 26.3 Å². The van der Waals surface area contributed by atoms with E-state index in [0.717, 1.165) is 30.5 Å². The van der Waals surface area contributed by atoms with Crippen molar-refractivity contribution < 1.29 is 35.8 Å². The van der Waals surface area contributed by atoms with E-state index in [0.29, 0.717) is 24.6 Å². The summed E-state index contributed by atoms with van der Waals surface area (Å²) in [6.07, 6.45) is -1.78. The highest BCUT2D eigenvalue weighted by Gasteiger charge is 2.45. The van der Waals surface area contributed by atoms with Crippen LogP contribution >= 0.6 is 0 Å². The average molecular weight is 416 g/mol. The lowest BCUT2D eigenvalue weighted by molar-refractivity contribution is -0.244. The standard InChI is InChI=1S/C21H18F6O2/c1-2-3-12-4-7-19(28-11-12)21(26,27)29-14-5-6-15(16(22)10-14)13-8-17(23)20(25)18(24)9-13/h5-6,8-11,19H,2-4,7H2,1H3. The number of hydrogen-bond acceptors (Lipinski definition) is 2. The van der Waals surface area contributed by atoms with Crippen LogP contribution < -0.4 is 4.74 Å². The van der Waals surface area contributed by atoms with Crippen LogP contribution in [0.25, 0.3) is 11.1 Å². The number of rotatable bonds is 6. The Bertz CT molecular complexity index is 902. The molecule has 0 bridgehead atoms. The summed E-state index contributed by atoms with van der Waals surface area (Å²) in [5.74, 6) is -6.20. The fourth-order valence-corrected chi connectivity index (χ4v) is 3.10. The second-order valence-corrected chi connectivity index (χ2v) is 6.75. The minimum absolute atomic E-state index is 0.0491. The molecule has 3 rings (SSSR count). The van der Waals surface area contributed by atoms with Gasteiger partial charge in [-0.1, -0.05) is 13.3 Å². The zero-order valence-corrected chi connectivity index (χ0v) is 15.5. The molecule has 0 saturated heterocycles. The second-order valence-electron chi connectivity index (χ2n) is 6.75. The minimum atomic E-state index is -3.71. The van der Waals surface area contributed by atoms with Gasteiger partial charge in [0.25, 0.3) is 0 Å². The molecule has 0 N–H and O–H groups in total. The molecule has 1 heterocycles. The van der Waals surface area contributed by atoms with Gasteiger partial charge in [0.2, 0.25) is 6.10 Å². The molecule has 0 aliphatic carbocycles. The highest BCUT2D eigenvalue weighted by Crippen LogP contribution is 2.35. The summed E-state index contributed by atoms with van der Waals surface area (Å²) in [5.41, 5.74) is 0.370. The molecule has 1 atom stereocenters. The van der Waals surface area contributed by atoms with E-state index in [-0.39, 0.29) is 17.5 Å². The molecule has 0 radical (unpaired) electrons. The van der Waals surface area contributed by atoms with Crippen LogP contribution in [0.4, 0.5) is 26.3 Å². The molecule has 0 fully saturated rings. The summed E-state index contributed by atoms with van der Waals surface area (Å²) < 4.78 is 92.6. The van der Waals surface area contributed by atoms with E-state index in [1.165, 1.54) is 6.26 Å². The van der Waals surface area contributed by atoms with Gasteiger partial charge in [-0.3, -0.25) is 0 Å². The Kier molecular flexibility index (Phi) is 6.10. The predicted octanol–water partition coefficient (Wildman–Crippen LogP) is 6.74. The molecule has 1 aliphatic heterocycles. The van der Waals surface area contributed by atoms with Crippen molar-refractivity contribution in [1.82, 2.24) is 0 Å². The van der Waals surface area contributed by atoms with E-state index in [4.69, 9.17) is 4.74 Å². The molecule has 0 amide bonds. The summed E-state index contributed by atoms with van der Waals surface area (Å²) in [5, 5.41) is 0. The zero-order valence-electron chi connectivity index (χ0n) is 15.5. The van der Waals surface area contributed by atoms with Crippen LogP contribution in [0.1, 0.15) is 32.6 Å². The maximum Gasteiger partial charge on any atom is 0.435 e. The number of halogens is 6. The third-order valence-corrected chi connectivity index (χ3v) is 4.56. The Balaban J connectivity index is 1.77. The van der Waals surface area contributed by atoms with Crippen molar-refractivity contribution in [3.63, 3.8) is 0 Å². The number of hydrogen-bond donors (Lipinski definition) is 0. The third-order valence-electron chi connectivity index (χ3n) is 4.56. The molecule has 2 aromatic carbocycles. The lowest BCUT2D eigenvalue weighted by atomic mass is 10.0. The predicted molar refractivity (Wildman–Crippen MR) is 94.4 cm³/mol. The first-order valence-electron chi connectivity index (χ1n) is 9.06. The summed E-state index contributed by atoms with van der Waals surface area (Å²) in [6, 6.07) is 3.95. The molecule has 29 heavy (non-hydrogen) atoms. The first-order valence-corrected chi connectivity index (χ1v) is 9.06. The summed E-state index contributed by atoms with van der Waals surface area (Å²) in [6.45, 7) is 1.97. The van der Waals surface area contributed by atoms with E-state index < -0.39 is 41.2 Å². The molecule has 8 heteroatoms. The van der Waals surface area contributed by atoms with Gasteiger partial charge in [-0.25, -0.2) is 17.6 Å². The van der Waals surface area contributed by atoms with Crippen LogP contribution in [-0.2, 0) is 4.74 Å². The monoisotopic (exact) mass is 416 g/mol. The highest BCUT2D eigenvalue weighted by molar-refractivity contribution is 5.65. The SMILES string of the molecule is CCCC1=COC(C(F)(F)Oc2ccc(-c3cc(F)c(F)c(F)c3)c(F)c2)CC1. The maximum absolute atomic E-state index is 14.4. The van der Waals surface area contributed by atoms with Crippen molar-refractivity contribution in [2.45, 2.75) is 44.8 Å². The van der Waals surface area contributed by atoms with E-state index >= 15 is 0 Å². The first kappa shape index (κ1) is 21.1. The van der Waals surface area contributed by atoms with Crippen molar-refractivity contribution >= 4 is 0 Å². The van der Waals surface area contributed by atoms with Crippen molar-refractivity contribution in [2.24, 2.45) is 0 Å². The third kappa shape index (κ3) is 4.68. The molecule has 2 aromatic rings. The van der Waals surface area contributed by atoms with Gasteiger partial charge in [-0.2, -0.15) is 8.78 Å². The normalized spacial score (nSPS) is 16.9. The van der Waals surface area contributed by atoms with Gasteiger partial charge in [0.05, 0.1) is 6.26 Å². The van der Waals surface area contributed by atoms with Crippen LogP contribution in [0, 0.1) is 23.3 Å². The van der Waals surface area contributed by atoms with Gasteiger partial charge in [-0.15, -0.1) is 0 Å². The Morgan fingerprint density at radius 3 is 2.28 bits per heavy atom. The molecule has 0 saturated carbocycles. The molecular weight excluding hydrogens is 398 g/mol. The quantitative estimate of drug-likeness (QED) is 0.383. The Hall–Kier alpha value is -2.64. The first-order chi connectivity index (χ1) is 13.7. The van der Waals surface area contributed by atoms with Crippen molar-refractivity contribution in [3.8, 4) is 16.9 Å². The molecule has 0 aromatic heterocycles. The lowest BCUT2D eigenvalue weighted by Crippen LogP contribution is -2.41.